The van der Waals surface area contributed by atoms with Crippen LogP contribution in [0.5, 0.6) is 5.75 Å². The van der Waals surface area contributed by atoms with Crippen LogP contribution in [0, 0.1) is 12.7 Å². The Morgan fingerprint density at radius 3 is 2.46 bits per heavy atom. The van der Waals surface area contributed by atoms with Crippen LogP contribution in [-0.4, -0.2) is 68.2 Å². The van der Waals surface area contributed by atoms with E-state index in [-0.39, 0.29) is 17.6 Å². The molecule has 2 fully saturated rings. The molecule has 2 amide bonds. The van der Waals surface area contributed by atoms with Crippen LogP contribution in [0.15, 0.2) is 83.4 Å². The van der Waals surface area contributed by atoms with Crippen LogP contribution in [0.1, 0.15) is 44.8 Å². The average Bonchev–Trinajstić information content (AvgIpc) is 3.80. The molecule has 0 radical (unpaired) electrons. The Morgan fingerprint density at radius 1 is 0.979 bits per heavy atom. The maximum absolute atomic E-state index is 14.1. The van der Waals surface area contributed by atoms with Crippen molar-refractivity contribution in [1.29, 1.82) is 0 Å². The van der Waals surface area contributed by atoms with Gasteiger partial charge in [0, 0.05) is 43.8 Å². The van der Waals surface area contributed by atoms with Gasteiger partial charge < -0.3 is 24.5 Å². The number of fused-ring (bicyclic) bond motifs is 1. The summed E-state index contributed by atoms with van der Waals surface area (Å²) < 4.78 is 31.7. The molecular formula is C38H37FN4O5. The van der Waals surface area contributed by atoms with Crippen molar-refractivity contribution in [1.82, 2.24) is 20.5 Å². The molecule has 0 unspecified atom stereocenters. The average molecular weight is 649 g/mol. The molecule has 1 aliphatic carbocycles. The molecular weight excluding hydrogens is 611 g/mol. The molecule has 9 nitrogen and oxygen atoms in total. The zero-order valence-corrected chi connectivity index (χ0v) is 27.0. The molecule has 2 aliphatic rings. The molecule has 2 aromatic heterocycles. The number of ether oxygens (including phenoxy) is 2. The highest BCUT2D eigenvalue weighted by Crippen LogP contribution is 2.45. The number of halogens is 1. The molecule has 0 atom stereocenters. The first-order chi connectivity index (χ1) is 23.3. The number of nitrogens with zero attached hydrogens (tertiary/aromatic N) is 2. The molecule has 1 aliphatic heterocycles. The van der Waals surface area contributed by atoms with E-state index in [0.717, 1.165) is 54.9 Å². The lowest BCUT2D eigenvalue weighted by Crippen LogP contribution is -2.39. The summed E-state index contributed by atoms with van der Waals surface area (Å²) in [4.78, 5) is 34.1. The van der Waals surface area contributed by atoms with Gasteiger partial charge in [-0.2, -0.15) is 0 Å². The number of aryl methyl sites for hydroxylation is 1. The number of nitrogens with one attached hydrogen (secondary N) is 2. The molecule has 3 heterocycles. The first-order valence-electron chi connectivity index (χ1n) is 16.2. The van der Waals surface area contributed by atoms with Gasteiger partial charge in [-0.25, -0.2) is 4.39 Å². The maximum atomic E-state index is 14.1. The zero-order valence-electron chi connectivity index (χ0n) is 27.0. The predicted molar refractivity (Wildman–Crippen MR) is 181 cm³/mol. The first-order valence-corrected chi connectivity index (χ1v) is 16.2. The van der Waals surface area contributed by atoms with Gasteiger partial charge in [0.1, 0.15) is 29.5 Å². The Balaban J connectivity index is 1.27. The number of furan rings is 1. The molecule has 1 saturated carbocycles. The predicted octanol–water partition coefficient (Wildman–Crippen LogP) is 6.10. The second-order valence-corrected chi connectivity index (χ2v) is 12.3. The van der Waals surface area contributed by atoms with Gasteiger partial charge in [-0.3, -0.25) is 19.5 Å². The number of morpholine rings is 1. The van der Waals surface area contributed by atoms with Gasteiger partial charge in [0.15, 0.2) is 0 Å². The SMILES string of the molecule is CNC(=O)c1c(-c2ccc(F)cc2)oc2ccc(-c3cc(C(=O)NC4(c5ccccn5)CC4)c(OCCN4CCOCC4)cc3C)cc12. The van der Waals surface area contributed by atoms with Crippen molar-refractivity contribution in [3.8, 4) is 28.2 Å². The third-order valence-electron chi connectivity index (χ3n) is 9.16. The van der Waals surface area contributed by atoms with E-state index >= 15 is 0 Å². The van der Waals surface area contributed by atoms with Crippen molar-refractivity contribution in [2.45, 2.75) is 25.3 Å². The number of pyridine rings is 1. The molecule has 5 aromatic rings. The number of rotatable bonds is 10. The lowest BCUT2D eigenvalue weighted by molar-refractivity contribution is 0.0322. The van der Waals surface area contributed by atoms with Gasteiger partial charge in [-0.15, -0.1) is 0 Å². The Labute approximate surface area is 278 Å². The van der Waals surface area contributed by atoms with Crippen molar-refractivity contribution in [3.63, 3.8) is 0 Å². The maximum Gasteiger partial charge on any atom is 0.255 e. The first kappa shape index (κ1) is 31.5. The summed E-state index contributed by atoms with van der Waals surface area (Å²) in [5.41, 5.74) is 4.73. The minimum Gasteiger partial charge on any atom is -0.491 e. The van der Waals surface area contributed by atoms with Gasteiger partial charge in [0.25, 0.3) is 11.8 Å². The van der Waals surface area contributed by atoms with E-state index in [1.54, 1.807) is 25.4 Å². The second-order valence-electron chi connectivity index (χ2n) is 12.3. The molecule has 48 heavy (non-hydrogen) atoms. The summed E-state index contributed by atoms with van der Waals surface area (Å²) in [7, 11) is 1.56. The van der Waals surface area contributed by atoms with Crippen molar-refractivity contribution in [2.24, 2.45) is 0 Å². The van der Waals surface area contributed by atoms with E-state index in [9.17, 15) is 14.0 Å². The molecule has 1 saturated heterocycles. The zero-order chi connectivity index (χ0) is 33.3. The van der Waals surface area contributed by atoms with Crippen LogP contribution in [-0.2, 0) is 10.3 Å². The van der Waals surface area contributed by atoms with Gasteiger partial charge in [0.05, 0.1) is 35.6 Å². The fourth-order valence-electron chi connectivity index (χ4n) is 6.32. The smallest absolute Gasteiger partial charge is 0.255 e. The van der Waals surface area contributed by atoms with E-state index in [1.807, 2.05) is 55.5 Å². The van der Waals surface area contributed by atoms with E-state index in [2.05, 4.69) is 20.5 Å². The molecule has 10 heteroatoms. The lowest BCUT2D eigenvalue weighted by atomic mass is 9.94. The number of carbonyl (C=O) groups excluding carboxylic acids is 2. The van der Waals surface area contributed by atoms with Crippen LogP contribution in [0.3, 0.4) is 0 Å². The number of aromatic nitrogens is 1. The van der Waals surface area contributed by atoms with Gasteiger partial charge in [-0.1, -0.05) is 12.1 Å². The number of benzene rings is 3. The van der Waals surface area contributed by atoms with Crippen molar-refractivity contribution in [2.75, 3.05) is 46.5 Å². The van der Waals surface area contributed by atoms with E-state index in [0.29, 0.717) is 59.0 Å². The lowest BCUT2D eigenvalue weighted by Gasteiger charge is -2.26. The largest absolute Gasteiger partial charge is 0.491 e. The normalized spacial score (nSPS) is 15.6. The Morgan fingerprint density at radius 2 is 1.75 bits per heavy atom. The highest BCUT2D eigenvalue weighted by molar-refractivity contribution is 6.12. The van der Waals surface area contributed by atoms with Gasteiger partial charge in [0.2, 0.25) is 0 Å². The Hall–Kier alpha value is -5.06. The fraction of sp³-hybridized carbons (Fsp3) is 0.289. The van der Waals surface area contributed by atoms with E-state index in [1.165, 1.54) is 12.1 Å². The quantitative estimate of drug-likeness (QED) is 0.189. The summed E-state index contributed by atoms with van der Waals surface area (Å²) in [5.74, 6) is -0.0837. The summed E-state index contributed by atoms with van der Waals surface area (Å²) >= 11 is 0. The number of hydrogen-bond donors (Lipinski definition) is 2. The van der Waals surface area contributed by atoms with Crippen molar-refractivity contribution in [3.05, 3.63) is 107 Å². The Kier molecular flexibility index (Phi) is 8.68. The number of amides is 2. The molecule has 3 aromatic carbocycles. The Bertz CT molecular complexity index is 1970. The minimum absolute atomic E-state index is 0.241. The number of carbonyl (C=O) groups is 2. The molecule has 7 rings (SSSR count). The van der Waals surface area contributed by atoms with E-state index in [4.69, 9.17) is 13.9 Å². The molecule has 0 bridgehead atoms. The monoisotopic (exact) mass is 648 g/mol. The third kappa shape index (κ3) is 6.28. The van der Waals surface area contributed by atoms with Gasteiger partial charge in [-0.05, 0) is 97.1 Å². The molecule has 246 valence electrons. The second kappa shape index (κ2) is 13.2. The summed E-state index contributed by atoms with van der Waals surface area (Å²) in [6, 6.07) is 21.0. The highest BCUT2D eigenvalue weighted by Gasteiger charge is 2.47. The molecule has 0 spiro atoms. The van der Waals surface area contributed by atoms with E-state index < -0.39 is 5.54 Å². The fourth-order valence-corrected chi connectivity index (χ4v) is 6.32. The topological polar surface area (TPSA) is 106 Å². The summed E-state index contributed by atoms with van der Waals surface area (Å²) in [6.07, 6.45) is 3.35. The highest BCUT2D eigenvalue weighted by atomic mass is 19.1. The van der Waals surface area contributed by atoms with Crippen molar-refractivity contribution >= 4 is 22.8 Å². The number of hydrogen-bond acceptors (Lipinski definition) is 7. The van der Waals surface area contributed by atoms with Crippen LogP contribution in [0.25, 0.3) is 33.4 Å². The van der Waals surface area contributed by atoms with Crippen molar-refractivity contribution < 1.29 is 27.9 Å². The van der Waals surface area contributed by atoms with Crippen LogP contribution >= 0.6 is 0 Å². The van der Waals surface area contributed by atoms with Crippen LogP contribution in [0.2, 0.25) is 0 Å². The minimum atomic E-state index is -0.511. The standard InChI is InChI=1S/C38H37FN4O5/c1-24-21-32(47-20-17-43-15-18-46-19-16-43)30(36(44)42-38(12-13-38)33-5-3-4-14-41-33)23-28(24)26-8-11-31-29(22-26)34(37(45)40-2)35(48-31)25-6-9-27(39)10-7-25/h3-11,14,21-23H,12-13,15-20H2,1-2H3,(H,40,45)(H,42,44). The third-order valence-corrected chi connectivity index (χ3v) is 9.16. The summed E-state index contributed by atoms with van der Waals surface area (Å²) in [5, 5.41) is 6.58. The van der Waals surface area contributed by atoms with Crippen LogP contribution in [0.4, 0.5) is 4.39 Å². The summed E-state index contributed by atoms with van der Waals surface area (Å²) in [6.45, 7) is 6.21. The van der Waals surface area contributed by atoms with Crippen LogP contribution < -0.4 is 15.4 Å². The van der Waals surface area contributed by atoms with Gasteiger partial charge >= 0.3 is 0 Å². The molecule has 2 N–H and O–H groups in total.